The molecule has 1 saturated heterocycles. The molecule has 2 amide bonds. The van der Waals surface area contributed by atoms with E-state index in [1.807, 2.05) is 4.90 Å². The number of hydrogen-bond donors (Lipinski definition) is 2. The van der Waals surface area contributed by atoms with Gasteiger partial charge < -0.3 is 15.3 Å². The van der Waals surface area contributed by atoms with Gasteiger partial charge in [0, 0.05) is 44.4 Å². The predicted octanol–water partition coefficient (Wildman–Crippen LogP) is 1.99. The summed E-state index contributed by atoms with van der Waals surface area (Å²) in [5.41, 5.74) is 0.494. The van der Waals surface area contributed by atoms with Crippen LogP contribution in [0.15, 0.2) is 24.5 Å². The van der Waals surface area contributed by atoms with Crippen LogP contribution < -0.4 is 5.32 Å². The van der Waals surface area contributed by atoms with Crippen molar-refractivity contribution in [2.24, 2.45) is 11.8 Å². The lowest BCUT2D eigenvalue weighted by Gasteiger charge is -2.38. The third-order valence-electron chi connectivity index (χ3n) is 5.82. The molecule has 142 valence electrons. The van der Waals surface area contributed by atoms with Gasteiger partial charge in [-0.1, -0.05) is 25.7 Å². The van der Waals surface area contributed by atoms with Crippen molar-refractivity contribution in [2.75, 3.05) is 19.7 Å². The standard InChI is InChI=1S/C20H29N3O3/c24-14-17-9-11-23(19(25)8-7-15-4-1-2-5-15)13-18(17)22-20(26)16-6-3-10-21-12-16/h3,6,10,12,15,17-18,24H,1-2,4-5,7-9,11,13-14H2,(H,22,26)/t17-,18-/m1/s1. The number of rotatable bonds is 6. The maximum absolute atomic E-state index is 12.6. The number of nitrogens with one attached hydrogen (secondary N) is 1. The second-order valence-corrected chi connectivity index (χ2v) is 7.58. The van der Waals surface area contributed by atoms with Crippen molar-refractivity contribution in [3.63, 3.8) is 0 Å². The third-order valence-corrected chi connectivity index (χ3v) is 5.82. The van der Waals surface area contributed by atoms with Gasteiger partial charge in [0.25, 0.3) is 5.91 Å². The monoisotopic (exact) mass is 359 g/mol. The van der Waals surface area contributed by atoms with E-state index in [0.717, 1.165) is 6.42 Å². The Morgan fingerprint density at radius 3 is 2.77 bits per heavy atom. The second-order valence-electron chi connectivity index (χ2n) is 7.58. The largest absolute Gasteiger partial charge is 0.396 e. The maximum Gasteiger partial charge on any atom is 0.253 e. The molecule has 0 spiro atoms. The number of nitrogens with zero attached hydrogens (tertiary/aromatic N) is 2. The maximum atomic E-state index is 12.6. The highest BCUT2D eigenvalue weighted by molar-refractivity contribution is 5.94. The highest BCUT2D eigenvalue weighted by atomic mass is 16.3. The van der Waals surface area contributed by atoms with E-state index in [1.165, 1.54) is 31.9 Å². The molecule has 2 atom stereocenters. The van der Waals surface area contributed by atoms with E-state index in [0.29, 0.717) is 37.4 Å². The minimum Gasteiger partial charge on any atom is -0.396 e. The van der Waals surface area contributed by atoms with Gasteiger partial charge in [-0.15, -0.1) is 0 Å². The van der Waals surface area contributed by atoms with Crippen LogP contribution in [0.2, 0.25) is 0 Å². The number of carbonyl (C=O) groups excluding carboxylic acids is 2. The summed E-state index contributed by atoms with van der Waals surface area (Å²) in [5, 5.41) is 12.6. The zero-order chi connectivity index (χ0) is 18.4. The van der Waals surface area contributed by atoms with Crippen molar-refractivity contribution in [1.82, 2.24) is 15.2 Å². The smallest absolute Gasteiger partial charge is 0.253 e. The first kappa shape index (κ1) is 18.8. The fourth-order valence-corrected chi connectivity index (χ4v) is 4.14. The molecule has 1 aromatic heterocycles. The first-order valence-corrected chi connectivity index (χ1v) is 9.77. The highest BCUT2D eigenvalue weighted by Crippen LogP contribution is 2.29. The second kappa shape index (κ2) is 9.12. The molecular formula is C20H29N3O3. The average molecular weight is 359 g/mol. The summed E-state index contributed by atoms with van der Waals surface area (Å²) in [5.74, 6) is 0.653. The van der Waals surface area contributed by atoms with E-state index in [4.69, 9.17) is 0 Å². The van der Waals surface area contributed by atoms with Crippen LogP contribution >= 0.6 is 0 Å². The third kappa shape index (κ3) is 4.81. The number of piperidine rings is 1. The lowest BCUT2D eigenvalue weighted by atomic mass is 9.91. The Labute approximate surface area is 155 Å². The average Bonchev–Trinajstić information content (AvgIpc) is 3.20. The number of aromatic nitrogens is 1. The van der Waals surface area contributed by atoms with Gasteiger partial charge in [-0.3, -0.25) is 14.6 Å². The van der Waals surface area contributed by atoms with Crippen molar-refractivity contribution in [1.29, 1.82) is 0 Å². The Morgan fingerprint density at radius 2 is 2.08 bits per heavy atom. The SMILES string of the molecule is O=C(N[C@@H]1CN(C(=O)CCC2CCCC2)CC[C@@H]1CO)c1cccnc1. The molecule has 6 heteroatoms. The van der Waals surface area contributed by atoms with Gasteiger partial charge in [-0.05, 0) is 30.9 Å². The Balaban J connectivity index is 1.55. The Hall–Kier alpha value is -1.95. The summed E-state index contributed by atoms with van der Waals surface area (Å²) in [6.45, 7) is 1.15. The molecule has 0 unspecified atom stereocenters. The van der Waals surface area contributed by atoms with Crippen LogP contribution in [0.1, 0.15) is 55.3 Å². The number of amides is 2. The molecule has 26 heavy (non-hydrogen) atoms. The lowest BCUT2D eigenvalue weighted by molar-refractivity contribution is -0.133. The van der Waals surface area contributed by atoms with Gasteiger partial charge in [-0.25, -0.2) is 0 Å². The van der Waals surface area contributed by atoms with Crippen LogP contribution in [0.4, 0.5) is 0 Å². The summed E-state index contributed by atoms with van der Waals surface area (Å²) in [7, 11) is 0. The molecule has 0 aromatic carbocycles. The van der Waals surface area contributed by atoms with E-state index in [1.54, 1.807) is 18.3 Å². The molecule has 2 heterocycles. The van der Waals surface area contributed by atoms with Crippen molar-refractivity contribution < 1.29 is 14.7 Å². The first-order valence-electron chi connectivity index (χ1n) is 9.77. The van der Waals surface area contributed by atoms with Gasteiger partial charge in [-0.2, -0.15) is 0 Å². The number of hydrogen-bond acceptors (Lipinski definition) is 4. The van der Waals surface area contributed by atoms with Gasteiger partial charge in [0.1, 0.15) is 0 Å². The van der Waals surface area contributed by atoms with Crippen molar-refractivity contribution in [3.8, 4) is 0 Å². The van der Waals surface area contributed by atoms with Gasteiger partial charge in [0.15, 0.2) is 0 Å². The van der Waals surface area contributed by atoms with E-state index in [2.05, 4.69) is 10.3 Å². The minimum atomic E-state index is -0.225. The van der Waals surface area contributed by atoms with E-state index >= 15 is 0 Å². The molecule has 0 radical (unpaired) electrons. The minimum absolute atomic E-state index is 0.0160. The molecule has 2 N–H and O–H groups in total. The molecule has 3 rings (SSSR count). The van der Waals surface area contributed by atoms with E-state index < -0.39 is 0 Å². The first-order chi connectivity index (χ1) is 12.7. The number of aliphatic hydroxyl groups is 1. The van der Waals surface area contributed by atoms with Crippen molar-refractivity contribution in [2.45, 2.75) is 51.0 Å². The molecular weight excluding hydrogens is 330 g/mol. The summed E-state index contributed by atoms with van der Waals surface area (Å²) < 4.78 is 0. The summed E-state index contributed by atoms with van der Waals surface area (Å²) in [6.07, 6.45) is 10.5. The van der Waals surface area contributed by atoms with Crippen LogP contribution in [-0.4, -0.2) is 52.5 Å². The highest BCUT2D eigenvalue weighted by Gasteiger charge is 2.32. The van der Waals surface area contributed by atoms with Gasteiger partial charge in [0.05, 0.1) is 11.6 Å². The molecule has 1 saturated carbocycles. The quantitative estimate of drug-likeness (QED) is 0.814. The number of aliphatic hydroxyl groups excluding tert-OH is 1. The topological polar surface area (TPSA) is 82.5 Å². The molecule has 0 bridgehead atoms. The lowest BCUT2D eigenvalue weighted by Crippen LogP contribution is -2.55. The Morgan fingerprint density at radius 1 is 1.27 bits per heavy atom. The van der Waals surface area contributed by atoms with Gasteiger partial charge in [0.2, 0.25) is 5.91 Å². The van der Waals surface area contributed by atoms with Crippen molar-refractivity contribution >= 4 is 11.8 Å². The van der Waals surface area contributed by atoms with E-state index in [9.17, 15) is 14.7 Å². The van der Waals surface area contributed by atoms with Crippen LogP contribution in [0, 0.1) is 11.8 Å². The van der Waals surface area contributed by atoms with Crippen LogP contribution in [0.25, 0.3) is 0 Å². The molecule has 2 aliphatic rings. The fourth-order valence-electron chi connectivity index (χ4n) is 4.14. The van der Waals surface area contributed by atoms with Crippen LogP contribution in [0.5, 0.6) is 0 Å². The molecule has 1 aliphatic heterocycles. The van der Waals surface area contributed by atoms with Crippen LogP contribution in [0.3, 0.4) is 0 Å². The fraction of sp³-hybridized carbons (Fsp3) is 0.650. The number of pyridine rings is 1. The Bertz CT molecular complexity index is 602. The zero-order valence-electron chi connectivity index (χ0n) is 15.3. The number of carbonyl (C=O) groups is 2. The molecule has 1 aromatic rings. The molecule has 6 nitrogen and oxygen atoms in total. The Kier molecular flexibility index (Phi) is 6.61. The van der Waals surface area contributed by atoms with E-state index in [-0.39, 0.29) is 30.4 Å². The van der Waals surface area contributed by atoms with Crippen LogP contribution in [-0.2, 0) is 4.79 Å². The predicted molar refractivity (Wildman–Crippen MR) is 98.5 cm³/mol. The normalized spacial score (nSPS) is 23.8. The van der Waals surface area contributed by atoms with Gasteiger partial charge >= 0.3 is 0 Å². The number of likely N-dealkylation sites (tertiary alicyclic amines) is 1. The molecule has 1 aliphatic carbocycles. The van der Waals surface area contributed by atoms with Crippen molar-refractivity contribution in [3.05, 3.63) is 30.1 Å². The zero-order valence-corrected chi connectivity index (χ0v) is 15.3. The summed E-state index contributed by atoms with van der Waals surface area (Å²) in [4.78, 5) is 30.8. The molecule has 2 fully saturated rings. The summed E-state index contributed by atoms with van der Waals surface area (Å²) >= 11 is 0. The summed E-state index contributed by atoms with van der Waals surface area (Å²) in [6, 6.07) is 3.21.